The zero-order valence-electron chi connectivity index (χ0n) is 14.4. The zero-order valence-corrected chi connectivity index (χ0v) is 15.2. The van der Waals surface area contributed by atoms with E-state index in [1.807, 2.05) is 13.0 Å². The lowest BCUT2D eigenvalue weighted by Crippen LogP contribution is -2.11. The number of hydrogen-bond donors (Lipinski definition) is 1. The van der Waals surface area contributed by atoms with Gasteiger partial charge in [0.25, 0.3) is 5.91 Å². The first-order valence-electron chi connectivity index (χ1n) is 8.21. The van der Waals surface area contributed by atoms with Crippen LogP contribution in [0.25, 0.3) is 5.65 Å². The SMILES string of the molecule is Cc1cccc(Cc2cnc(NC(=O)c3cnn4ccc(C)nc34)s2)c1. The van der Waals surface area contributed by atoms with Crippen LogP contribution in [0, 0.1) is 13.8 Å². The van der Waals surface area contributed by atoms with Gasteiger partial charge in [-0.05, 0) is 25.5 Å². The molecule has 4 rings (SSSR count). The molecule has 0 bridgehead atoms. The average Bonchev–Trinajstić information content (AvgIpc) is 3.21. The number of thiazole rings is 1. The second kappa shape index (κ2) is 6.68. The summed E-state index contributed by atoms with van der Waals surface area (Å²) in [5, 5.41) is 7.59. The molecule has 0 aliphatic rings. The Morgan fingerprint density at radius 2 is 2.12 bits per heavy atom. The van der Waals surface area contributed by atoms with Gasteiger partial charge in [-0.25, -0.2) is 14.5 Å². The fourth-order valence-electron chi connectivity index (χ4n) is 2.75. The predicted octanol–water partition coefficient (Wildman–Crippen LogP) is 3.65. The Morgan fingerprint density at radius 1 is 1.23 bits per heavy atom. The molecule has 1 amide bonds. The fourth-order valence-corrected chi connectivity index (χ4v) is 3.60. The van der Waals surface area contributed by atoms with Crippen molar-refractivity contribution in [2.75, 3.05) is 5.32 Å². The van der Waals surface area contributed by atoms with Crippen LogP contribution in [0.3, 0.4) is 0 Å². The van der Waals surface area contributed by atoms with Gasteiger partial charge in [0, 0.05) is 29.4 Å². The number of nitrogens with one attached hydrogen (secondary N) is 1. The van der Waals surface area contributed by atoms with Gasteiger partial charge in [-0.3, -0.25) is 10.1 Å². The van der Waals surface area contributed by atoms with Crippen LogP contribution in [0.2, 0.25) is 0 Å². The van der Waals surface area contributed by atoms with Crippen LogP contribution in [0.4, 0.5) is 5.13 Å². The third-order valence-corrected chi connectivity index (χ3v) is 4.90. The van der Waals surface area contributed by atoms with E-state index >= 15 is 0 Å². The Kier molecular flexibility index (Phi) is 4.22. The Morgan fingerprint density at radius 3 is 2.96 bits per heavy atom. The van der Waals surface area contributed by atoms with E-state index in [1.165, 1.54) is 28.7 Å². The van der Waals surface area contributed by atoms with E-state index in [2.05, 4.69) is 51.6 Å². The molecule has 0 fully saturated rings. The van der Waals surface area contributed by atoms with Gasteiger partial charge in [0.1, 0.15) is 5.56 Å². The van der Waals surface area contributed by atoms with E-state index in [0.717, 1.165) is 17.0 Å². The van der Waals surface area contributed by atoms with E-state index in [-0.39, 0.29) is 5.91 Å². The number of amides is 1. The molecule has 0 saturated carbocycles. The summed E-state index contributed by atoms with van der Waals surface area (Å²) in [5.74, 6) is -0.255. The number of benzene rings is 1. The summed E-state index contributed by atoms with van der Waals surface area (Å²) in [6.45, 7) is 3.96. The second-order valence-electron chi connectivity index (χ2n) is 6.15. The molecule has 0 aliphatic carbocycles. The molecule has 0 aliphatic heterocycles. The van der Waals surface area contributed by atoms with Gasteiger partial charge < -0.3 is 0 Å². The molecular weight excluding hydrogens is 346 g/mol. The minimum absolute atomic E-state index is 0.255. The maximum absolute atomic E-state index is 12.6. The molecule has 1 aromatic carbocycles. The van der Waals surface area contributed by atoms with E-state index < -0.39 is 0 Å². The van der Waals surface area contributed by atoms with E-state index in [0.29, 0.717) is 16.3 Å². The summed E-state index contributed by atoms with van der Waals surface area (Å²) >= 11 is 1.48. The summed E-state index contributed by atoms with van der Waals surface area (Å²) < 4.78 is 1.59. The molecule has 0 atom stereocenters. The van der Waals surface area contributed by atoms with E-state index in [9.17, 15) is 4.79 Å². The number of aryl methyl sites for hydroxylation is 2. The van der Waals surface area contributed by atoms with Gasteiger partial charge in [-0.1, -0.05) is 29.8 Å². The van der Waals surface area contributed by atoms with Crippen molar-refractivity contribution < 1.29 is 4.79 Å². The van der Waals surface area contributed by atoms with Crippen LogP contribution in [-0.4, -0.2) is 25.5 Å². The maximum Gasteiger partial charge on any atom is 0.262 e. The average molecular weight is 363 g/mol. The second-order valence-corrected chi connectivity index (χ2v) is 7.26. The number of fused-ring (bicyclic) bond motifs is 1. The molecule has 0 unspecified atom stereocenters. The lowest BCUT2D eigenvalue weighted by atomic mass is 10.1. The Balaban J connectivity index is 1.51. The number of nitrogens with zero attached hydrogens (tertiary/aromatic N) is 4. The maximum atomic E-state index is 12.6. The zero-order chi connectivity index (χ0) is 18.1. The number of rotatable bonds is 4. The van der Waals surface area contributed by atoms with Crippen molar-refractivity contribution in [2.24, 2.45) is 0 Å². The molecule has 6 nitrogen and oxygen atoms in total. The summed E-state index contributed by atoms with van der Waals surface area (Å²) in [7, 11) is 0. The number of hydrogen-bond acceptors (Lipinski definition) is 5. The van der Waals surface area contributed by atoms with Crippen molar-refractivity contribution in [1.82, 2.24) is 19.6 Å². The van der Waals surface area contributed by atoms with Gasteiger partial charge in [-0.15, -0.1) is 11.3 Å². The molecule has 3 heterocycles. The van der Waals surface area contributed by atoms with Crippen LogP contribution in [0.5, 0.6) is 0 Å². The standard InChI is InChI=1S/C19H17N5OS/c1-12-4-3-5-14(8-12)9-15-10-20-19(26-15)23-18(25)16-11-21-24-7-6-13(2)22-17(16)24/h3-8,10-11H,9H2,1-2H3,(H,20,23,25). The van der Waals surface area contributed by atoms with Gasteiger partial charge in [0.2, 0.25) is 0 Å². The third kappa shape index (κ3) is 3.34. The molecule has 4 aromatic rings. The normalized spacial score (nSPS) is 11.0. The molecule has 7 heteroatoms. The molecule has 1 N–H and O–H groups in total. The quantitative estimate of drug-likeness (QED) is 0.601. The Labute approximate surface area is 154 Å². The van der Waals surface area contributed by atoms with Crippen LogP contribution in [0.1, 0.15) is 32.1 Å². The topological polar surface area (TPSA) is 72.2 Å². The lowest BCUT2D eigenvalue weighted by Gasteiger charge is -2.01. The Hall–Kier alpha value is -3.06. The first-order valence-corrected chi connectivity index (χ1v) is 9.03. The van der Waals surface area contributed by atoms with Crippen molar-refractivity contribution in [3.63, 3.8) is 0 Å². The van der Waals surface area contributed by atoms with Crippen molar-refractivity contribution in [1.29, 1.82) is 0 Å². The first-order chi connectivity index (χ1) is 12.6. The highest BCUT2D eigenvalue weighted by Crippen LogP contribution is 2.22. The number of carbonyl (C=O) groups excluding carboxylic acids is 1. The highest BCUT2D eigenvalue weighted by Gasteiger charge is 2.16. The van der Waals surface area contributed by atoms with Crippen LogP contribution in [0.15, 0.2) is 48.9 Å². The van der Waals surface area contributed by atoms with Gasteiger partial charge in [0.15, 0.2) is 10.8 Å². The molecule has 0 radical (unpaired) electrons. The first kappa shape index (κ1) is 16.4. The van der Waals surface area contributed by atoms with E-state index in [4.69, 9.17) is 0 Å². The summed E-state index contributed by atoms with van der Waals surface area (Å²) in [5.41, 5.74) is 4.27. The van der Waals surface area contributed by atoms with Crippen LogP contribution in [-0.2, 0) is 6.42 Å². The Bertz CT molecular complexity index is 1100. The smallest absolute Gasteiger partial charge is 0.262 e. The molecule has 0 saturated heterocycles. The highest BCUT2D eigenvalue weighted by molar-refractivity contribution is 7.15. The third-order valence-electron chi connectivity index (χ3n) is 3.99. The van der Waals surface area contributed by atoms with Crippen molar-refractivity contribution in [2.45, 2.75) is 20.3 Å². The predicted molar refractivity (Wildman–Crippen MR) is 102 cm³/mol. The lowest BCUT2D eigenvalue weighted by molar-refractivity contribution is 0.102. The minimum Gasteiger partial charge on any atom is -0.298 e. The molecule has 3 aromatic heterocycles. The molecular formula is C19H17N5OS. The van der Waals surface area contributed by atoms with Crippen molar-refractivity contribution in [3.05, 3.63) is 76.2 Å². The van der Waals surface area contributed by atoms with Crippen molar-refractivity contribution in [3.8, 4) is 0 Å². The molecule has 0 spiro atoms. The summed E-state index contributed by atoms with van der Waals surface area (Å²) in [4.78, 5) is 22.4. The number of carbonyl (C=O) groups is 1. The van der Waals surface area contributed by atoms with Gasteiger partial charge >= 0.3 is 0 Å². The van der Waals surface area contributed by atoms with Crippen molar-refractivity contribution >= 4 is 28.0 Å². The van der Waals surface area contributed by atoms with Crippen LogP contribution >= 0.6 is 11.3 Å². The number of aromatic nitrogens is 4. The monoisotopic (exact) mass is 363 g/mol. The minimum atomic E-state index is -0.255. The largest absolute Gasteiger partial charge is 0.298 e. The molecule has 26 heavy (non-hydrogen) atoms. The van der Waals surface area contributed by atoms with E-state index in [1.54, 1.807) is 16.9 Å². The van der Waals surface area contributed by atoms with Crippen LogP contribution < -0.4 is 5.32 Å². The van der Waals surface area contributed by atoms with Gasteiger partial charge in [0.05, 0.1) is 6.20 Å². The molecule has 130 valence electrons. The fraction of sp³-hybridized carbons (Fsp3) is 0.158. The summed E-state index contributed by atoms with van der Waals surface area (Å²) in [6.07, 6.45) is 5.92. The summed E-state index contributed by atoms with van der Waals surface area (Å²) in [6, 6.07) is 10.2. The van der Waals surface area contributed by atoms with Gasteiger partial charge in [-0.2, -0.15) is 5.10 Å². The number of anilines is 1. The highest BCUT2D eigenvalue weighted by atomic mass is 32.1.